The summed E-state index contributed by atoms with van der Waals surface area (Å²) in [5.74, 6) is 0. The van der Waals surface area contributed by atoms with Crippen molar-refractivity contribution in [2.24, 2.45) is 0 Å². The molecule has 1 aromatic carbocycles. The maximum Gasteiger partial charge on any atom is 0.133 e. The van der Waals surface area contributed by atoms with Crippen LogP contribution in [0.4, 0.5) is 0 Å². The Labute approximate surface area is 89.8 Å². The van der Waals surface area contributed by atoms with Crippen molar-refractivity contribution in [2.75, 3.05) is 13.7 Å². The van der Waals surface area contributed by atoms with Crippen LogP contribution < -0.4 is 0 Å². The van der Waals surface area contributed by atoms with E-state index in [4.69, 9.17) is 21.1 Å². The number of ether oxygens (including phenoxy) is 2. The molecule has 1 unspecified atom stereocenters. The van der Waals surface area contributed by atoms with Crippen molar-refractivity contribution in [1.82, 2.24) is 0 Å². The lowest BCUT2D eigenvalue weighted by molar-refractivity contribution is 0.0799. The average Bonchev–Trinajstić information content (AvgIpc) is 2.25. The summed E-state index contributed by atoms with van der Waals surface area (Å²) in [7, 11) is 1.59. The van der Waals surface area contributed by atoms with Gasteiger partial charge in [0.1, 0.15) is 5.56 Å². The van der Waals surface area contributed by atoms with Crippen LogP contribution in [0.15, 0.2) is 30.3 Å². The van der Waals surface area contributed by atoms with Crippen LogP contribution in [0.25, 0.3) is 0 Å². The van der Waals surface area contributed by atoms with Crippen LogP contribution in [0.2, 0.25) is 0 Å². The summed E-state index contributed by atoms with van der Waals surface area (Å²) in [6.07, 6.45) is 0.713. The third-order valence-corrected chi connectivity index (χ3v) is 2.25. The molecule has 0 aromatic heterocycles. The molecule has 0 saturated carbocycles. The third-order valence-electron chi connectivity index (χ3n) is 1.86. The summed E-state index contributed by atoms with van der Waals surface area (Å²) in [4.78, 5) is 0. The number of methoxy groups -OCH3 is 1. The van der Waals surface area contributed by atoms with Crippen molar-refractivity contribution in [3.05, 3.63) is 35.9 Å². The van der Waals surface area contributed by atoms with Crippen molar-refractivity contribution in [3.63, 3.8) is 0 Å². The molecule has 0 heterocycles. The second-order valence-electron chi connectivity index (χ2n) is 2.97. The molecular formula is C11H15ClO2. The number of hydrogen-bond donors (Lipinski definition) is 0. The van der Waals surface area contributed by atoms with E-state index in [9.17, 15) is 0 Å². The number of alkyl halides is 1. The first-order valence-electron chi connectivity index (χ1n) is 4.61. The topological polar surface area (TPSA) is 18.5 Å². The van der Waals surface area contributed by atoms with E-state index in [1.165, 1.54) is 5.56 Å². The highest BCUT2D eigenvalue weighted by Gasteiger charge is 2.00. The van der Waals surface area contributed by atoms with E-state index in [-0.39, 0.29) is 5.56 Å². The molecule has 0 aliphatic carbocycles. The molecule has 78 valence electrons. The molecule has 1 rings (SSSR count). The molecule has 0 aliphatic heterocycles. The highest BCUT2D eigenvalue weighted by Crippen LogP contribution is 2.05. The zero-order chi connectivity index (χ0) is 10.2. The highest BCUT2D eigenvalue weighted by atomic mass is 35.5. The quantitative estimate of drug-likeness (QED) is 0.536. The molecule has 0 N–H and O–H groups in total. The number of hydrogen-bond acceptors (Lipinski definition) is 2. The van der Waals surface area contributed by atoms with Gasteiger partial charge in [-0.2, -0.15) is 0 Å². The van der Waals surface area contributed by atoms with Gasteiger partial charge in [0.2, 0.25) is 0 Å². The van der Waals surface area contributed by atoms with Gasteiger partial charge in [-0.25, -0.2) is 0 Å². The monoisotopic (exact) mass is 214 g/mol. The largest absolute Gasteiger partial charge is 0.377 e. The standard InChI is InChI=1S/C11H15ClO2/c1-13-11(12)7-8-14-9-10-5-3-2-4-6-10/h2-6,11H,7-9H2,1H3. The van der Waals surface area contributed by atoms with Gasteiger partial charge in [0.25, 0.3) is 0 Å². The maximum atomic E-state index is 5.74. The lowest BCUT2D eigenvalue weighted by Gasteiger charge is -2.07. The summed E-state index contributed by atoms with van der Waals surface area (Å²) >= 11 is 5.74. The van der Waals surface area contributed by atoms with Crippen LogP contribution in [-0.4, -0.2) is 19.3 Å². The fraction of sp³-hybridized carbons (Fsp3) is 0.455. The molecule has 2 nitrogen and oxygen atoms in total. The van der Waals surface area contributed by atoms with Crippen LogP contribution in [0.3, 0.4) is 0 Å². The highest BCUT2D eigenvalue weighted by molar-refractivity contribution is 6.19. The summed E-state index contributed by atoms with van der Waals surface area (Å²) in [6.45, 7) is 1.26. The molecule has 0 bridgehead atoms. The molecule has 0 amide bonds. The molecule has 0 spiro atoms. The van der Waals surface area contributed by atoms with Crippen LogP contribution in [0.1, 0.15) is 12.0 Å². The Balaban J connectivity index is 2.10. The lowest BCUT2D eigenvalue weighted by Crippen LogP contribution is -2.06. The molecule has 3 heteroatoms. The molecule has 0 radical (unpaired) electrons. The van der Waals surface area contributed by atoms with Gasteiger partial charge < -0.3 is 9.47 Å². The van der Waals surface area contributed by atoms with E-state index in [2.05, 4.69) is 0 Å². The van der Waals surface area contributed by atoms with Gasteiger partial charge in [-0.3, -0.25) is 0 Å². The molecule has 0 aliphatic rings. The minimum Gasteiger partial charge on any atom is -0.377 e. The van der Waals surface area contributed by atoms with Gasteiger partial charge in [-0.05, 0) is 5.56 Å². The summed E-state index contributed by atoms with van der Waals surface area (Å²) in [5.41, 5.74) is 0.932. The number of rotatable bonds is 6. The second kappa shape index (κ2) is 6.82. The SMILES string of the molecule is COC(Cl)CCOCc1ccccc1. The van der Waals surface area contributed by atoms with Crippen molar-refractivity contribution < 1.29 is 9.47 Å². The van der Waals surface area contributed by atoms with Crippen molar-refractivity contribution in [1.29, 1.82) is 0 Å². The Morgan fingerprint density at radius 3 is 2.64 bits per heavy atom. The summed E-state index contributed by atoms with van der Waals surface area (Å²) in [5, 5.41) is 0. The fourth-order valence-corrected chi connectivity index (χ4v) is 1.15. The lowest BCUT2D eigenvalue weighted by atomic mass is 10.2. The predicted octanol–water partition coefficient (Wildman–Crippen LogP) is 2.80. The number of halogens is 1. The van der Waals surface area contributed by atoms with Gasteiger partial charge in [0, 0.05) is 13.5 Å². The first-order chi connectivity index (χ1) is 6.83. The van der Waals surface area contributed by atoms with Gasteiger partial charge in [0.15, 0.2) is 0 Å². The van der Waals surface area contributed by atoms with E-state index in [1.807, 2.05) is 30.3 Å². The Bertz CT molecular complexity index is 238. The van der Waals surface area contributed by atoms with Crippen molar-refractivity contribution >= 4 is 11.6 Å². The predicted molar refractivity (Wildman–Crippen MR) is 57.4 cm³/mol. The molecule has 1 atom stereocenters. The van der Waals surface area contributed by atoms with Gasteiger partial charge >= 0.3 is 0 Å². The first-order valence-corrected chi connectivity index (χ1v) is 5.05. The molecule has 14 heavy (non-hydrogen) atoms. The molecule has 0 saturated heterocycles. The third kappa shape index (κ3) is 4.61. The molecule has 1 aromatic rings. The van der Waals surface area contributed by atoms with E-state index in [0.717, 1.165) is 0 Å². The first kappa shape index (κ1) is 11.5. The van der Waals surface area contributed by atoms with Crippen LogP contribution in [0.5, 0.6) is 0 Å². The zero-order valence-electron chi connectivity index (χ0n) is 8.28. The summed E-state index contributed by atoms with van der Waals surface area (Å²) < 4.78 is 10.3. The second-order valence-corrected chi connectivity index (χ2v) is 3.46. The number of benzene rings is 1. The molecular weight excluding hydrogens is 200 g/mol. The minimum absolute atomic E-state index is 0.245. The van der Waals surface area contributed by atoms with Crippen LogP contribution in [0, 0.1) is 0 Å². The van der Waals surface area contributed by atoms with Crippen LogP contribution >= 0.6 is 11.6 Å². The van der Waals surface area contributed by atoms with E-state index in [1.54, 1.807) is 7.11 Å². The smallest absolute Gasteiger partial charge is 0.133 e. The van der Waals surface area contributed by atoms with Crippen molar-refractivity contribution in [2.45, 2.75) is 18.6 Å². The average molecular weight is 215 g/mol. The van der Waals surface area contributed by atoms with E-state index >= 15 is 0 Å². The van der Waals surface area contributed by atoms with Crippen LogP contribution in [-0.2, 0) is 16.1 Å². The molecule has 0 fully saturated rings. The van der Waals surface area contributed by atoms with E-state index < -0.39 is 0 Å². The minimum atomic E-state index is -0.245. The normalized spacial score (nSPS) is 12.7. The fourth-order valence-electron chi connectivity index (χ4n) is 1.06. The Morgan fingerprint density at radius 2 is 2.00 bits per heavy atom. The zero-order valence-corrected chi connectivity index (χ0v) is 9.04. The van der Waals surface area contributed by atoms with Gasteiger partial charge in [-0.1, -0.05) is 41.9 Å². The Hall–Kier alpha value is -0.570. The Kier molecular flexibility index (Phi) is 5.60. The maximum absolute atomic E-state index is 5.74. The van der Waals surface area contributed by atoms with E-state index in [0.29, 0.717) is 19.6 Å². The van der Waals surface area contributed by atoms with Crippen molar-refractivity contribution in [3.8, 4) is 0 Å². The van der Waals surface area contributed by atoms with Gasteiger partial charge in [0.05, 0.1) is 13.2 Å². The Morgan fingerprint density at radius 1 is 1.29 bits per heavy atom. The van der Waals surface area contributed by atoms with Gasteiger partial charge in [-0.15, -0.1) is 0 Å². The summed E-state index contributed by atoms with van der Waals surface area (Å²) in [6, 6.07) is 10.1.